The molecule has 0 N–H and O–H groups in total. The second-order valence-electron chi connectivity index (χ2n) is 7.54. The SMILES string of the molecule is Cc1nc(CN2c3nc(N4CCOC[C@H]4C)cc(=O)n3C[C@@]2(C)C(F)(F)F)no1. The van der Waals surface area contributed by atoms with Crippen molar-refractivity contribution >= 4 is 11.8 Å². The third-order valence-electron chi connectivity index (χ3n) is 5.42. The second kappa shape index (κ2) is 6.71. The van der Waals surface area contributed by atoms with Crippen LogP contribution >= 0.6 is 0 Å². The summed E-state index contributed by atoms with van der Waals surface area (Å²) in [5.74, 6) is 0.603. The van der Waals surface area contributed by atoms with Crippen molar-refractivity contribution in [1.29, 1.82) is 0 Å². The summed E-state index contributed by atoms with van der Waals surface area (Å²) < 4.78 is 53.5. The quantitative estimate of drug-likeness (QED) is 0.747. The molecule has 2 aliphatic heterocycles. The minimum atomic E-state index is -4.61. The van der Waals surface area contributed by atoms with Crippen molar-refractivity contribution in [1.82, 2.24) is 19.7 Å². The normalized spacial score (nSPS) is 24.8. The van der Waals surface area contributed by atoms with E-state index in [0.717, 1.165) is 16.4 Å². The Bertz CT molecular complexity index is 974. The Kier molecular flexibility index (Phi) is 4.56. The number of hydrogen-bond acceptors (Lipinski definition) is 8. The van der Waals surface area contributed by atoms with Crippen molar-refractivity contribution < 1.29 is 22.4 Å². The smallest absolute Gasteiger partial charge is 0.377 e. The van der Waals surface area contributed by atoms with Gasteiger partial charge in [0.1, 0.15) is 5.82 Å². The van der Waals surface area contributed by atoms with Gasteiger partial charge >= 0.3 is 6.18 Å². The molecule has 0 bridgehead atoms. The number of ether oxygens (including phenoxy) is 1. The number of anilines is 2. The van der Waals surface area contributed by atoms with Gasteiger partial charge in [-0.05, 0) is 13.8 Å². The van der Waals surface area contributed by atoms with Gasteiger partial charge in [-0.1, -0.05) is 5.16 Å². The van der Waals surface area contributed by atoms with Gasteiger partial charge in [-0.15, -0.1) is 0 Å². The van der Waals surface area contributed by atoms with E-state index in [2.05, 4.69) is 15.1 Å². The molecular formula is C17H21F3N6O3. The summed E-state index contributed by atoms with van der Waals surface area (Å²) in [6.45, 7) is 5.06. The molecule has 0 amide bonds. The molecular weight excluding hydrogens is 393 g/mol. The first-order valence-electron chi connectivity index (χ1n) is 9.20. The lowest BCUT2D eigenvalue weighted by molar-refractivity contribution is -0.182. The van der Waals surface area contributed by atoms with Crippen LogP contribution in [-0.4, -0.2) is 57.2 Å². The summed E-state index contributed by atoms with van der Waals surface area (Å²) in [6.07, 6.45) is -4.61. The van der Waals surface area contributed by atoms with Gasteiger partial charge in [0.25, 0.3) is 5.56 Å². The Morgan fingerprint density at radius 3 is 2.72 bits per heavy atom. The van der Waals surface area contributed by atoms with Crippen molar-refractivity contribution in [3.8, 4) is 0 Å². The number of hydrogen-bond donors (Lipinski definition) is 0. The summed E-state index contributed by atoms with van der Waals surface area (Å²) in [5, 5.41) is 3.71. The van der Waals surface area contributed by atoms with Crippen LogP contribution in [0.5, 0.6) is 0 Å². The van der Waals surface area contributed by atoms with Crippen LogP contribution in [0.1, 0.15) is 25.6 Å². The van der Waals surface area contributed by atoms with Gasteiger partial charge in [0.2, 0.25) is 11.8 Å². The zero-order valence-corrected chi connectivity index (χ0v) is 16.2. The highest BCUT2D eigenvalue weighted by molar-refractivity contribution is 5.50. The van der Waals surface area contributed by atoms with Crippen LogP contribution in [0.4, 0.5) is 24.9 Å². The molecule has 9 nitrogen and oxygen atoms in total. The van der Waals surface area contributed by atoms with Crippen molar-refractivity contribution in [3.05, 3.63) is 28.1 Å². The largest absolute Gasteiger partial charge is 0.413 e. The molecule has 0 aromatic carbocycles. The molecule has 0 spiro atoms. The molecule has 2 aliphatic rings. The Morgan fingerprint density at radius 1 is 1.34 bits per heavy atom. The van der Waals surface area contributed by atoms with E-state index in [0.29, 0.717) is 25.6 Å². The summed E-state index contributed by atoms with van der Waals surface area (Å²) in [7, 11) is 0. The average Bonchev–Trinajstić information content (AvgIpc) is 3.18. The first-order chi connectivity index (χ1) is 13.6. The Balaban J connectivity index is 1.80. The lowest BCUT2D eigenvalue weighted by atomic mass is 10.0. The van der Waals surface area contributed by atoms with Crippen LogP contribution in [0.3, 0.4) is 0 Å². The van der Waals surface area contributed by atoms with Crippen LogP contribution in [-0.2, 0) is 17.8 Å². The number of halogens is 3. The number of rotatable bonds is 3. The van der Waals surface area contributed by atoms with Gasteiger partial charge in [-0.2, -0.15) is 23.1 Å². The molecule has 1 fully saturated rings. The molecule has 1 saturated heterocycles. The number of nitrogens with zero attached hydrogens (tertiary/aromatic N) is 6. The summed E-state index contributed by atoms with van der Waals surface area (Å²) >= 11 is 0. The van der Waals surface area contributed by atoms with E-state index in [1.165, 1.54) is 6.07 Å². The van der Waals surface area contributed by atoms with Gasteiger partial charge < -0.3 is 19.1 Å². The first-order valence-corrected chi connectivity index (χ1v) is 9.20. The molecule has 0 saturated carbocycles. The van der Waals surface area contributed by atoms with Gasteiger partial charge in [-0.3, -0.25) is 9.36 Å². The van der Waals surface area contributed by atoms with Gasteiger partial charge in [-0.25, -0.2) is 0 Å². The van der Waals surface area contributed by atoms with Crippen molar-refractivity contribution in [2.75, 3.05) is 29.6 Å². The van der Waals surface area contributed by atoms with E-state index in [1.807, 2.05) is 11.8 Å². The van der Waals surface area contributed by atoms with Crippen LogP contribution in [0.15, 0.2) is 15.4 Å². The highest BCUT2D eigenvalue weighted by Crippen LogP contribution is 2.44. The van der Waals surface area contributed by atoms with E-state index in [4.69, 9.17) is 9.26 Å². The predicted molar refractivity (Wildman–Crippen MR) is 95.8 cm³/mol. The van der Waals surface area contributed by atoms with Gasteiger partial charge in [0.05, 0.1) is 32.3 Å². The maximum Gasteiger partial charge on any atom is 0.413 e. The maximum absolute atomic E-state index is 14.0. The maximum atomic E-state index is 14.0. The number of alkyl halides is 3. The van der Waals surface area contributed by atoms with E-state index in [9.17, 15) is 18.0 Å². The number of fused-ring (bicyclic) bond motifs is 1. The molecule has 0 radical (unpaired) electrons. The zero-order valence-electron chi connectivity index (χ0n) is 16.2. The molecule has 29 heavy (non-hydrogen) atoms. The zero-order chi connectivity index (χ0) is 21.0. The molecule has 0 unspecified atom stereocenters. The van der Waals surface area contributed by atoms with E-state index >= 15 is 0 Å². The third kappa shape index (κ3) is 3.24. The second-order valence-corrected chi connectivity index (χ2v) is 7.54. The Morgan fingerprint density at radius 2 is 2.10 bits per heavy atom. The minimum Gasteiger partial charge on any atom is -0.377 e. The van der Waals surface area contributed by atoms with Crippen molar-refractivity contribution in [2.24, 2.45) is 0 Å². The highest BCUT2D eigenvalue weighted by atomic mass is 19.4. The van der Waals surface area contributed by atoms with Gasteiger partial charge in [0.15, 0.2) is 11.4 Å². The monoisotopic (exact) mass is 414 g/mol. The molecule has 12 heteroatoms. The fourth-order valence-corrected chi connectivity index (χ4v) is 3.70. The fraction of sp³-hybridized carbons (Fsp3) is 0.647. The van der Waals surface area contributed by atoms with Gasteiger partial charge in [0, 0.05) is 19.5 Å². The first kappa shape index (κ1) is 19.7. The molecule has 2 aromatic rings. The molecule has 158 valence electrons. The lowest BCUT2D eigenvalue weighted by Gasteiger charge is -2.36. The van der Waals surface area contributed by atoms with Crippen molar-refractivity contribution in [2.45, 2.75) is 51.6 Å². The average molecular weight is 414 g/mol. The lowest BCUT2D eigenvalue weighted by Crippen LogP contribution is -2.55. The topological polar surface area (TPSA) is 89.5 Å². The Labute approximate surface area is 164 Å². The van der Waals surface area contributed by atoms with E-state index < -0.39 is 23.8 Å². The van der Waals surface area contributed by atoms with Crippen LogP contribution in [0, 0.1) is 6.92 Å². The number of aromatic nitrogens is 4. The molecule has 2 aromatic heterocycles. The molecule has 0 aliphatic carbocycles. The van der Waals surface area contributed by atoms with Crippen LogP contribution in [0.2, 0.25) is 0 Å². The van der Waals surface area contributed by atoms with Crippen LogP contribution in [0.25, 0.3) is 0 Å². The minimum absolute atomic E-state index is 0.0533. The number of aryl methyl sites for hydroxylation is 1. The molecule has 4 rings (SSSR count). The standard InChI is InChI=1S/C17H21F3N6O3/c1-10-8-28-5-4-24(10)13-6-14(27)25-9-16(3,17(18,19)20)26(15(25)22-13)7-12-21-11(2)29-23-12/h6,10H,4-5,7-9H2,1-3H3/t10-,16+/m1/s1. The molecule has 2 atom stereocenters. The third-order valence-corrected chi connectivity index (χ3v) is 5.42. The summed E-state index contributed by atoms with van der Waals surface area (Å²) in [5.41, 5.74) is -2.87. The van der Waals surface area contributed by atoms with E-state index in [1.54, 1.807) is 6.92 Å². The van der Waals surface area contributed by atoms with E-state index in [-0.39, 0.29) is 30.3 Å². The predicted octanol–water partition coefficient (Wildman–Crippen LogP) is 1.50. The van der Waals surface area contributed by atoms with Crippen molar-refractivity contribution in [3.63, 3.8) is 0 Å². The number of morpholine rings is 1. The van der Waals surface area contributed by atoms with Crippen LogP contribution < -0.4 is 15.4 Å². The summed E-state index contributed by atoms with van der Waals surface area (Å²) in [6, 6.07) is 1.23. The molecule has 4 heterocycles. The fourth-order valence-electron chi connectivity index (χ4n) is 3.70. The highest BCUT2D eigenvalue weighted by Gasteiger charge is 2.60. The summed E-state index contributed by atoms with van der Waals surface area (Å²) in [4.78, 5) is 24.1. The Hall–Kier alpha value is -2.63.